The molecule has 2 aromatic rings. The Morgan fingerprint density at radius 3 is 2.19 bits per heavy atom. The van der Waals surface area contributed by atoms with E-state index in [0.717, 1.165) is 0 Å². The monoisotopic (exact) mass is 219 g/mol. The third-order valence-corrected chi connectivity index (χ3v) is 1.60. The molecule has 0 radical (unpaired) electrons. The van der Waals surface area contributed by atoms with E-state index in [4.69, 9.17) is 9.84 Å². The van der Waals surface area contributed by atoms with Crippen LogP contribution in [0.4, 0.5) is 0 Å². The maximum absolute atomic E-state index is 10.0. The van der Waals surface area contributed by atoms with Crippen LogP contribution in [0.3, 0.4) is 0 Å². The van der Waals surface area contributed by atoms with E-state index in [0.29, 0.717) is 5.75 Å². The lowest BCUT2D eigenvalue weighted by atomic mass is 10.3. The smallest absolute Gasteiger partial charge is 0.341 e. The minimum absolute atomic E-state index is 0.288. The van der Waals surface area contributed by atoms with E-state index in [1.165, 1.54) is 0 Å². The van der Waals surface area contributed by atoms with Gasteiger partial charge in [-0.25, -0.2) is 4.79 Å². The number of hydrogen-bond acceptors (Lipinski definition) is 2. The Hall–Kier alpha value is -2.23. The van der Waals surface area contributed by atoms with Crippen LogP contribution in [0.25, 0.3) is 0 Å². The highest BCUT2D eigenvalue weighted by atomic mass is 16.5. The molecule has 16 heavy (non-hydrogen) atoms. The zero-order chi connectivity index (χ0) is 11.6. The normalized spacial score (nSPS) is 8.75. The number of H-pyrrole nitrogens is 1. The number of rotatable bonds is 3. The van der Waals surface area contributed by atoms with E-state index < -0.39 is 5.97 Å². The number of hydrogen-bond donors (Lipinski definition) is 2. The standard InChI is InChI=1S/C8H8O3.C4H5N/c9-8(10)6-11-7-4-2-1-3-5-7;1-2-4-5-3-1/h1-5H,6H2,(H,9,10);1-5H. The Kier molecular flexibility index (Phi) is 5.27. The lowest BCUT2D eigenvalue weighted by Crippen LogP contribution is -2.09. The maximum Gasteiger partial charge on any atom is 0.341 e. The SMILES string of the molecule is O=C(O)COc1ccccc1.c1cc[nH]c1. The molecule has 0 saturated heterocycles. The molecule has 4 nitrogen and oxygen atoms in total. The second-order valence-corrected chi connectivity index (χ2v) is 2.88. The highest BCUT2D eigenvalue weighted by Gasteiger charge is 1.96. The van der Waals surface area contributed by atoms with Gasteiger partial charge in [-0.1, -0.05) is 18.2 Å². The molecule has 2 rings (SSSR count). The number of nitrogens with one attached hydrogen (secondary N) is 1. The molecule has 0 fully saturated rings. The average molecular weight is 219 g/mol. The van der Waals surface area contributed by atoms with E-state index in [2.05, 4.69) is 4.98 Å². The van der Waals surface area contributed by atoms with Gasteiger partial charge in [0.2, 0.25) is 0 Å². The summed E-state index contributed by atoms with van der Waals surface area (Å²) >= 11 is 0. The van der Waals surface area contributed by atoms with Gasteiger partial charge in [0.1, 0.15) is 5.75 Å². The first-order valence-corrected chi connectivity index (χ1v) is 4.76. The quantitative estimate of drug-likeness (QED) is 0.831. The van der Waals surface area contributed by atoms with Crippen LogP contribution in [-0.4, -0.2) is 22.7 Å². The van der Waals surface area contributed by atoms with Crippen molar-refractivity contribution in [3.05, 3.63) is 54.9 Å². The Balaban J connectivity index is 0.000000212. The lowest BCUT2D eigenvalue weighted by Gasteiger charge is -2.00. The van der Waals surface area contributed by atoms with Gasteiger partial charge in [-0.05, 0) is 24.3 Å². The van der Waals surface area contributed by atoms with Crippen LogP contribution in [0.1, 0.15) is 0 Å². The first-order valence-electron chi connectivity index (χ1n) is 4.76. The van der Waals surface area contributed by atoms with Gasteiger partial charge in [0.25, 0.3) is 0 Å². The van der Waals surface area contributed by atoms with Gasteiger partial charge in [0.15, 0.2) is 6.61 Å². The van der Waals surface area contributed by atoms with Crippen molar-refractivity contribution in [2.24, 2.45) is 0 Å². The number of carbonyl (C=O) groups is 1. The fourth-order valence-corrected chi connectivity index (χ4v) is 0.940. The zero-order valence-electron chi connectivity index (χ0n) is 8.67. The van der Waals surface area contributed by atoms with Crippen LogP contribution in [0, 0.1) is 0 Å². The number of carboxylic acids is 1. The highest BCUT2D eigenvalue weighted by molar-refractivity contribution is 5.68. The number of benzene rings is 1. The van der Waals surface area contributed by atoms with Gasteiger partial charge < -0.3 is 14.8 Å². The number of aliphatic carboxylic acids is 1. The van der Waals surface area contributed by atoms with Crippen LogP contribution in [-0.2, 0) is 4.79 Å². The molecule has 0 atom stereocenters. The van der Waals surface area contributed by atoms with Gasteiger partial charge in [-0.3, -0.25) is 0 Å². The van der Waals surface area contributed by atoms with E-state index in [1.54, 1.807) is 24.3 Å². The van der Waals surface area contributed by atoms with Crippen LogP contribution in [0.2, 0.25) is 0 Å². The van der Waals surface area contributed by atoms with Crippen LogP contribution < -0.4 is 4.74 Å². The summed E-state index contributed by atoms with van der Waals surface area (Å²) in [6, 6.07) is 12.7. The van der Waals surface area contributed by atoms with Gasteiger partial charge in [0.05, 0.1) is 0 Å². The van der Waals surface area contributed by atoms with Crippen molar-refractivity contribution >= 4 is 5.97 Å². The molecule has 0 aliphatic heterocycles. The molecule has 0 unspecified atom stereocenters. The highest BCUT2D eigenvalue weighted by Crippen LogP contribution is 2.07. The molecule has 0 aliphatic carbocycles. The van der Waals surface area contributed by atoms with Crippen molar-refractivity contribution in [1.82, 2.24) is 4.98 Å². The number of carboxylic acid groups (broad SMARTS) is 1. The van der Waals surface area contributed by atoms with Gasteiger partial charge in [0, 0.05) is 12.4 Å². The summed E-state index contributed by atoms with van der Waals surface area (Å²) in [6.07, 6.45) is 3.75. The minimum Gasteiger partial charge on any atom is -0.482 e. The summed E-state index contributed by atoms with van der Waals surface area (Å²) in [5, 5.41) is 8.25. The first kappa shape index (κ1) is 11.8. The molecule has 1 aromatic carbocycles. The molecular formula is C12H13NO3. The predicted octanol–water partition coefficient (Wildman–Crippen LogP) is 2.16. The Bertz CT molecular complexity index is 367. The van der Waals surface area contributed by atoms with E-state index >= 15 is 0 Å². The van der Waals surface area contributed by atoms with Crippen LogP contribution in [0.5, 0.6) is 5.75 Å². The van der Waals surface area contributed by atoms with Gasteiger partial charge >= 0.3 is 5.97 Å². The Morgan fingerprint density at radius 2 is 1.75 bits per heavy atom. The topological polar surface area (TPSA) is 62.3 Å². The second kappa shape index (κ2) is 7.11. The summed E-state index contributed by atoms with van der Waals surface area (Å²) in [6.45, 7) is -0.288. The molecule has 1 heterocycles. The zero-order valence-corrected chi connectivity index (χ0v) is 8.67. The summed E-state index contributed by atoms with van der Waals surface area (Å²) in [5.41, 5.74) is 0. The van der Waals surface area contributed by atoms with Crippen molar-refractivity contribution in [2.75, 3.05) is 6.61 Å². The van der Waals surface area contributed by atoms with E-state index in [9.17, 15) is 4.79 Å². The van der Waals surface area contributed by atoms with Crippen molar-refractivity contribution in [3.63, 3.8) is 0 Å². The fraction of sp³-hybridized carbons (Fsp3) is 0.0833. The molecule has 0 aliphatic rings. The first-order chi connectivity index (χ1) is 7.79. The van der Waals surface area contributed by atoms with Crippen LogP contribution >= 0.6 is 0 Å². The molecular weight excluding hydrogens is 206 g/mol. The number of aromatic amines is 1. The Labute approximate surface area is 93.5 Å². The largest absolute Gasteiger partial charge is 0.482 e. The average Bonchev–Trinajstić information content (AvgIpc) is 2.86. The fourth-order valence-electron chi connectivity index (χ4n) is 0.940. The van der Waals surface area contributed by atoms with Crippen molar-refractivity contribution < 1.29 is 14.6 Å². The predicted molar refractivity (Wildman–Crippen MR) is 60.4 cm³/mol. The van der Waals surface area contributed by atoms with Crippen molar-refractivity contribution in [1.29, 1.82) is 0 Å². The van der Waals surface area contributed by atoms with Crippen LogP contribution in [0.15, 0.2) is 54.9 Å². The molecule has 84 valence electrons. The number of para-hydroxylation sites is 1. The number of aromatic nitrogens is 1. The third-order valence-electron chi connectivity index (χ3n) is 1.60. The summed E-state index contributed by atoms with van der Waals surface area (Å²) in [4.78, 5) is 12.9. The van der Waals surface area contributed by atoms with Crippen molar-refractivity contribution in [2.45, 2.75) is 0 Å². The molecule has 0 bridgehead atoms. The maximum atomic E-state index is 10.0. The minimum atomic E-state index is -0.964. The van der Waals surface area contributed by atoms with E-state index in [1.807, 2.05) is 30.6 Å². The third kappa shape index (κ3) is 5.49. The Morgan fingerprint density at radius 1 is 1.12 bits per heavy atom. The molecule has 0 spiro atoms. The van der Waals surface area contributed by atoms with Gasteiger partial charge in [-0.15, -0.1) is 0 Å². The lowest BCUT2D eigenvalue weighted by molar-refractivity contribution is -0.139. The molecule has 2 N–H and O–H groups in total. The molecule has 4 heteroatoms. The second-order valence-electron chi connectivity index (χ2n) is 2.88. The molecule has 1 aromatic heterocycles. The summed E-state index contributed by atoms with van der Waals surface area (Å²) in [7, 11) is 0. The summed E-state index contributed by atoms with van der Waals surface area (Å²) < 4.78 is 4.87. The van der Waals surface area contributed by atoms with E-state index in [-0.39, 0.29) is 6.61 Å². The summed E-state index contributed by atoms with van der Waals surface area (Å²) in [5.74, 6) is -0.385. The molecule has 0 amide bonds. The number of ether oxygens (including phenoxy) is 1. The van der Waals surface area contributed by atoms with Crippen molar-refractivity contribution in [3.8, 4) is 5.75 Å². The van der Waals surface area contributed by atoms with Gasteiger partial charge in [-0.2, -0.15) is 0 Å². The molecule has 0 saturated carbocycles.